The molecule has 0 spiro atoms. The average molecular weight is 491 g/mol. The zero-order valence-corrected chi connectivity index (χ0v) is 20.4. The molecule has 12 nitrogen and oxygen atoms in total. The van der Waals surface area contributed by atoms with Gasteiger partial charge in [-0.3, -0.25) is 18.9 Å². The van der Waals surface area contributed by atoms with Crippen LogP contribution in [0.3, 0.4) is 0 Å². The molecule has 2 aliphatic rings. The van der Waals surface area contributed by atoms with Gasteiger partial charge in [-0.25, -0.2) is 4.99 Å². The Morgan fingerprint density at radius 1 is 1.03 bits per heavy atom. The summed E-state index contributed by atoms with van der Waals surface area (Å²) in [6.07, 6.45) is -2.96. The molecule has 2 aliphatic heterocycles. The molecular weight excluding hydrogens is 461 g/mol. The van der Waals surface area contributed by atoms with E-state index in [0.717, 1.165) is 13.8 Å². The zero-order valence-electron chi connectivity index (χ0n) is 19.5. The summed E-state index contributed by atoms with van der Waals surface area (Å²) in [6, 6.07) is -0.745. The number of aliphatic imine (C=N–C) groups is 1. The Morgan fingerprint density at radius 3 is 2.15 bits per heavy atom. The molecule has 13 heteroatoms. The van der Waals surface area contributed by atoms with Crippen LogP contribution in [0.5, 0.6) is 0 Å². The number of carbonyl (C=O) groups is 3. The van der Waals surface area contributed by atoms with Gasteiger partial charge in [-0.15, -0.1) is 0 Å². The van der Waals surface area contributed by atoms with Crippen LogP contribution in [0, 0.1) is 0 Å². The van der Waals surface area contributed by atoms with Crippen molar-refractivity contribution in [2.45, 2.75) is 72.0 Å². The third-order valence-electron chi connectivity index (χ3n) is 4.50. The van der Waals surface area contributed by atoms with Crippen molar-refractivity contribution in [3.8, 4) is 0 Å². The van der Waals surface area contributed by atoms with E-state index in [1.807, 2.05) is 0 Å². The van der Waals surface area contributed by atoms with Crippen LogP contribution < -0.4 is 0 Å². The van der Waals surface area contributed by atoms with Gasteiger partial charge in [-0.05, 0) is 13.8 Å². The van der Waals surface area contributed by atoms with E-state index < -0.39 is 62.6 Å². The number of hydrogen-bond donors (Lipinski definition) is 0. The summed E-state index contributed by atoms with van der Waals surface area (Å²) in [7, 11) is -3.89. The lowest BCUT2D eigenvalue weighted by molar-refractivity contribution is -0.186. The highest BCUT2D eigenvalue weighted by Gasteiger charge is 2.52. The van der Waals surface area contributed by atoms with E-state index >= 15 is 0 Å². The lowest BCUT2D eigenvalue weighted by atomic mass is 9.95. The van der Waals surface area contributed by atoms with Gasteiger partial charge in [0.2, 0.25) is 5.50 Å². The highest BCUT2D eigenvalue weighted by molar-refractivity contribution is 7.58. The molecule has 5 atom stereocenters. The molecule has 0 fully saturated rings. The number of carbonyl (C=O) groups excluding carboxylic acids is 3. The first-order valence-electron chi connectivity index (χ1n) is 10.5. The Morgan fingerprint density at radius 2 is 1.64 bits per heavy atom. The van der Waals surface area contributed by atoms with E-state index in [1.165, 1.54) is 13.0 Å². The van der Waals surface area contributed by atoms with Crippen LogP contribution in [0.4, 0.5) is 0 Å². The van der Waals surface area contributed by atoms with Gasteiger partial charge in [0.25, 0.3) is 0 Å². The molecule has 0 N–H and O–H groups in total. The van der Waals surface area contributed by atoms with Crippen molar-refractivity contribution in [3.63, 3.8) is 0 Å². The second-order valence-electron chi connectivity index (χ2n) is 7.17. The van der Waals surface area contributed by atoms with E-state index in [0.29, 0.717) is 5.90 Å². The molecule has 0 bridgehead atoms. The molecule has 0 saturated heterocycles. The first-order valence-corrected chi connectivity index (χ1v) is 12.0. The molecule has 0 saturated carbocycles. The fourth-order valence-corrected chi connectivity index (χ4v) is 5.03. The Kier molecular flexibility index (Phi) is 9.45. The first kappa shape index (κ1) is 26.8. The van der Waals surface area contributed by atoms with Crippen molar-refractivity contribution in [2.75, 3.05) is 19.8 Å². The summed E-state index contributed by atoms with van der Waals surface area (Å²) in [5.74, 6) is -1.73. The smallest absolute Gasteiger partial charge is 0.395 e. The maximum atomic E-state index is 13.4. The van der Waals surface area contributed by atoms with Gasteiger partial charge in [-0.2, -0.15) is 0 Å². The highest BCUT2D eigenvalue weighted by atomic mass is 31.2. The predicted octanol–water partition coefficient (Wildman–Crippen LogP) is 2.10. The summed E-state index contributed by atoms with van der Waals surface area (Å²) in [5.41, 5.74) is -0.145. The molecule has 2 heterocycles. The molecule has 0 radical (unpaired) electrons. The van der Waals surface area contributed by atoms with Crippen molar-refractivity contribution < 1.29 is 51.7 Å². The van der Waals surface area contributed by atoms with Crippen LogP contribution >= 0.6 is 7.60 Å². The van der Waals surface area contributed by atoms with Crippen LogP contribution in [-0.2, 0) is 51.7 Å². The van der Waals surface area contributed by atoms with Gasteiger partial charge in [0.1, 0.15) is 18.8 Å². The number of ether oxygens (including phenoxy) is 5. The molecule has 0 aliphatic carbocycles. The van der Waals surface area contributed by atoms with E-state index in [1.54, 1.807) is 20.8 Å². The van der Waals surface area contributed by atoms with Gasteiger partial charge in [-0.1, -0.05) is 0 Å². The Balaban J connectivity index is 2.51. The van der Waals surface area contributed by atoms with Crippen molar-refractivity contribution in [2.24, 2.45) is 4.99 Å². The maximum absolute atomic E-state index is 13.4. The topological polar surface area (TPSA) is 145 Å². The number of esters is 3. The zero-order chi connectivity index (χ0) is 24.8. The molecule has 0 aromatic heterocycles. The molecule has 0 aromatic carbocycles. The fourth-order valence-electron chi connectivity index (χ4n) is 3.44. The second kappa shape index (κ2) is 11.6. The third kappa shape index (κ3) is 7.02. The summed E-state index contributed by atoms with van der Waals surface area (Å²) < 4.78 is 51.6. The van der Waals surface area contributed by atoms with Crippen LogP contribution in [0.25, 0.3) is 0 Å². The minimum atomic E-state index is -3.89. The average Bonchev–Trinajstić information content (AvgIpc) is 3.08. The highest BCUT2D eigenvalue weighted by Crippen LogP contribution is 2.58. The molecular formula is C20H30NO11P. The van der Waals surface area contributed by atoms with Gasteiger partial charge in [0.05, 0.1) is 13.2 Å². The van der Waals surface area contributed by atoms with Crippen LogP contribution in [-0.4, -0.2) is 74.1 Å². The molecule has 33 heavy (non-hydrogen) atoms. The standard InChI is InChI=1S/C20H30NO11P/c1-7-27-33(25,28-8-2)17-9-15-18(21-11(3)29-15)20(32-17)19(31-14(6)24)16(30-13(5)23)10-26-12(4)22/h9,15-16,18-20H,7-8,10H2,1-6H3. The Hall–Kier alpha value is -2.43. The van der Waals surface area contributed by atoms with Crippen molar-refractivity contribution in [1.82, 2.24) is 0 Å². The quantitative estimate of drug-likeness (QED) is 0.238. The predicted molar refractivity (Wildman–Crippen MR) is 113 cm³/mol. The van der Waals surface area contributed by atoms with E-state index in [4.69, 9.17) is 32.7 Å². The molecule has 0 amide bonds. The fraction of sp³-hybridized carbons (Fsp3) is 0.700. The first-order chi connectivity index (χ1) is 15.5. The number of nitrogens with zero attached hydrogens (tertiary/aromatic N) is 1. The SMILES string of the molecule is CCOP(=O)(OCC)C1=CC2OC(C)=NC2C(C(OC(C)=O)C(COC(C)=O)OC(C)=O)O1. The van der Waals surface area contributed by atoms with Crippen LogP contribution in [0.2, 0.25) is 0 Å². The van der Waals surface area contributed by atoms with E-state index in [-0.39, 0.29) is 18.7 Å². The molecule has 5 unspecified atom stereocenters. The van der Waals surface area contributed by atoms with E-state index in [9.17, 15) is 18.9 Å². The van der Waals surface area contributed by atoms with Crippen molar-refractivity contribution >= 4 is 31.4 Å². The van der Waals surface area contributed by atoms with Crippen LogP contribution in [0.1, 0.15) is 41.5 Å². The van der Waals surface area contributed by atoms with Gasteiger partial charge in [0, 0.05) is 33.8 Å². The summed E-state index contributed by atoms with van der Waals surface area (Å²) >= 11 is 0. The lowest BCUT2D eigenvalue weighted by Gasteiger charge is -2.38. The van der Waals surface area contributed by atoms with Gasteiger partial charge < -0.3 is 32.7 Å². The van der Waals surface area contributed by atoms with Crippen molar-refractivity contribution in [1.29, 1.82) is 0 Å². The number of hydrogen-bond acceptors (Lipinski definition) is 12. The molecule has 0 aromatic rings. The minimum absolute atomic E-state index is 0.0724. The maximum Gasteiger partial charge on any atom is 0.395 e. The lowest BCUT2D eigenvalue weighted by Crippen LogP contribution is -2.54. The third-order valence-corrected chi connectivity index (χ3v) is 6.49. The van der Waals surface area contributed by atoms with Gasteiger partial charge in [0.15, 0.2) is 24.2 Å². The number of rotatable bonds is 11. The number of fused-ring (bicyclic) bond motifs is 1. The van der Waals surface area contributed by atoms with Crippen LogP contribution in [0.15, 0.2) is 16.6 Å². The minimum Gasteiger partial charge on any atom is -0.476 e. The Bertz CT molecular complexity index is 845. The summed E-state index contributed by atoms with van der Waals surface area (Å²) in [5, 5.41) is 0. The van der Waals surface area contributed by atoms with E-state index in [2.05, 4.69) is 4.99 Å². The normalized spacial score (nSPS) is 23.6. The largest absolute Gasteiger partial charge is 0.476 e. The van der Waals surface area contributed by atoms with Gasteiger partial charge >= 0.3 is 25.5 Å². The second-order valence-corrected chi connectivity index (χ2v) is 9.12. The monoisotopic (exact) mass is 491 g/mol. The molecule has 2 rings (SSSR count). The Labute approximate surface area is 192 Å². The van der Waals surface area contributed by atoms with Crippen molar-refractivity contribution in [3.05, 3.63) is 11.6 Å². The molecule has 186 valence electrons. The summed E-state index contributed by atoms with van der Waals surface area (Å²) in [6.45, 7) is 8.13. The summed E-state index contributed by atoms with van der Waals surface area (Å²) in [4.78, 5) is 39.5.